The van der Waals surface area contributed by atoms with Crippen LogP contribution in [-0.2, 0) is 11.3 Å². The number of amides is 1. The van der Waals surface area contributed by atoms with Gasteiger partial charge in [0.05, 0.1) is 28.7 Å². The number of methoxy groups -OCH3 is 1. The molecular formula is C21H22N6O2S. The van der Waals surface area contributed by atoms with Crippen LogP contribution in [0.1, 0.15) is 41.8 Å². The van der Waals surface area contributed by atoms with Crippen LogP contribution in [0.2, 0.25) is 0 Å². The van der Waals surface area contributed by atoms with Crippen molar-refractivity contribution in [2.75, 3.05) is 12.4 Å². The molecule has 4 heterocycles. The van der Waals surface area contributed by atoms with Crippen LogP contribution in [0.25, 0.3) is 15.3 Å². The average Bonchev–Trinajstić information content (AvgIpc) is 3.41. The third kappa shape index (κ3) is 2.88. The van der Waals surface area contributed by atoms with Crippen LogP contribution < -0.4 is 10.1 Å². The average molecular weight is 423 g/mol. The number of fused-ring (bicyclic) bond motifs is 2. The normalized spacial score (nSPS) is 16.0. The predicted octanol–water partition coefficient (Wildman–Crippen LogP) is 3.80. The van der Waals surface area contributed by atoms with E-state index < -0.39 is 0 Å². The Morgan fingerprint density at radius 2 is 2.10 bits per heavy atom. The molecule has 4 aromatic rings. The SMILES string of the molecule is CCn1cc([C@H]2CC(=O)Nc3c2c(C)nn3-c2nc3ccc(OC)cc3s2)c(C)n1. The van der Waals surface area contributed by atoms with E-state index in [1.165, 1.54) is 11.3 Å². The van der Waals surface area contributed by atoms with Gasteiger partial charge in [0.25, 0.3) is 0 Å². The van der Waals surface area contributed by atoms with E-state index in [-0.39, 0.29) is 11.8 Å². The number of hydrogen-bond acceptors (Lipinski definition) is 6. The Morgan fingerprint density at radius 1 is 1.27 bits per heavy atom. The molecular weight excluding hydrogens is 400 g/mol. The van der Waals surface area contributed by atoms with E-state index in [1.807, 2.05) is 42.9 Å². The van der Waals surface area contributed by atoms with Crippen LogP contribution in [0.3, 0.4) is 0 Å². The second-order valence-electron chi connectivity index (χ2n) is 7.42. The van der Waals surface area contributed by atoms with Crippen molar-refractivity contribution in [3.05, 3.63) is 46.9 Å². The van der Waals surface area contributed by atoms with Gasteiger partial charge in [-0.2, -0.15) is 14.9 Å². The minimum atomic E-state index is -0.0720. The summed E-state index contributed by atoms with van der Waals surface area (Å²) >= 11 is 1.52. The van der Waals surface area contributed by atoms with E-state index in [1.54, 1.807) is 11.8 Å². The van der Waals surface area contributed by atoms with Gasteiger partial charge < -0.3 is 10.1 Å². The van der Waals surface area contributed by atoms with Crippen molar-refractivity contribution in [2.45, 2.75) is 39.7 Å². The van der Waals surface area contributed by atoms with Crippen LogP contribution >= 0.6 is 11.3 Å². The summed E-state index contributed by atoms with van der Waals surface area (Å²) in [5.74, 6) is 1.38. The quantitative estimate of drug-likeness (QED) is 0.541. The zero-order valence-corrected chi connectivity index (χ0v) is 18.1. The number of nitrogens with zero attached hydrogens (tertiary/aromatic N) is 5. The summed E-state index contributed by atoms with van der Waals surface area (Å²) < 4.78 is 10.00. The summed E-state index contributed by atoms with van der Waals surface area (Å²) in [6.07, 6.45) is 2.43. The number of aryl methyl sites for hydroxylation is 3. The molecule has 1 aliphatic rings. The summed E-state index contributed by atoms with van der Waals surface area (Å²) in [6, 6.07) is 5.78. The molecule has 3 aromatic heterocycles. The van der Waals surface area contributed by atoms with Gasteiger partial charge in [-0.25, -0.2) is 4.98 Å². The molecule has 1 aromatic carbocycles. The number of nitrogens with one attached hydrogen (secondary N) is 1. The number of carbonyl (C=O) groups excluding carboxylic acids is 1. The molecule has 1 amide bonds. The van der Waals surface area contributed by atoms with Crippen molar-refractivity contribution >= 4 is 33.3 Å². The molecule has 154 valence electrons. The van der Waals surface area contributed by atoms with Gasteiger partial charge in [-0.15, -0.1) is 0 Å². The van der Waals surface area contributed by atoms with E-state index in [0.717, 1.165) is 45.0 Å². The first-order chi connectivity index (χ1) is 14.5. The van der Waals surface area contributed by atoms with E-state index in [0.29, 0.717) is 17.4 Å². The molecule has 5 rings (SSSR count). The van der Waals surface area contributed by atoms with Crippen LogP contribution in [0, 0.1) is 13.8 Å². The molecule has 9 heteroatoms. The van der Waals surface area contributed by atoms with Gasteiger partial charge in [-0.3, -0.25) is 9.48 Å². The summed E-state index contributed by atoms with van der Waals surface area (Å²) in [7, 11) is 1.65. The maximum Gasteiger partial charge on any atom is 0.226 e. The van der Waals surface area contributed by atoms with Gasteiger partial charge in [0.1, 0.15) is 11.6 Å². The lowest BCUT2D eigenvalue weighted by molar-refractivity contribution is -0.116. The Morgan fingerprint density at radius 3 is 2.83 bits per heavy atom. The van der Waals surface area contributed by atoms with E-state index in [2.05, 4.69) is 17.3 Å². The maximum atomic E-state index is 12.6. The van der Waals surface area contributed by atoms with E-state index in [9.17, 15) is 4.79 Å². The summed E-state index contributed by atoms with van der Waals surface area (Å²) in [5, 5.41) is 13.1. The first-order valence-electron chi connectivity index (χ1n) is 9.86. The molecule has 8 nitrogen and oxygen atoms in total. The van der Waals surface area contributed by atoms with Crippen molar-refractivity contribution in [1.29, 1.82) is 0 Å². The minimum absolute atomic E-state index is 0.0277. The van der Waals surface area contributed by atoms with Gasteiger partial charge in [-0.1, -0.05) is 11.3 Å². The number of aromatic nitrogens is 5. The highest BCUT2D eigenvalue weighted by Gasteiger charge is 2.34. The van der Waals surface area contributed by atoms with Crippen molar-refractivity contribution in [2.24, 2.45) is 0 Å². The van der Waals surface area contributed by atoms with Crippen LogP contribution in [0.5, 0.6) is 5.75 Å². The largest absolute Gasteiger partial charge is 0.497 e. The number of hydrogen-bond donors (Lipinski definition) is 1. The van der Waals surface area contributed by atoms with E-state index >= 15 is 0 Å². The van der Waals surface area contributed by atoms with Gasteiger partial charge in [0.15, 0.2) is 0 Å². The zero-order valence-electron chi connectivity index (χ0n) is 17.3. The Hall–Kier alpha value is -3.20. The number of ether oxygens (including phenoxy) is 1. The lowest BCUT2D eigenvalue weighted by Gasteiger charge is -2.23. The summed E-state index contributed by atoms with van der Waals surface area (Å²) in [4.78, 5) is 17.4. The first-order valence-corrected chi connectivity index (χ1v) is 10.7. The topological polar surface area (TPSA) is 86.9 Å². The molecule has 0 bridgehead atoms. The highest BCUT2D eigenvalue weighted by molar-refractivity contribution is 7.20. The molecule has 0 saturated carbocycles. The monoisotopic (exact) mass is 422 g/mol. The Bertz CT molecular complexity index is 1280. The Balaban J connectivity index is 1.65. The Labute approximate surface area is 177 Å². The van der Waals surface area contributed by atoms with Crippen LogP contribution in [0.4, 0.5) is 5.82 Å². The second kappa shape index (κ2) is 6.94. The van der Waals surface area contributed by atoms with Gasteiger partial charge in [0, 0.05) is 36.2 Å². The number of anilines is 1. The van der Waals surface area contributed by atoms with Crippen molar-refractivity contribution in [3.8, 4) is 10.9 Å². The molecule has 30 heavy (non-hydrogen) atoms. The molecule has 0 saturated heterocycles. The number of benzene rings is 1. The van der Waals surface area contributed by atoms with Crippen molar-refractivity contribution < 1.29 is 9.53 Å². The van der Waals surface area contributed by atoms with Gasteiger partial charge in [-0.05, 0) is 39.0 Å². The molecule has 0 fully saturated rings. The number of carbonyl (C=O) groups is 1. The fourth-order valence-electron chi connectivity index (χ4n) is 4.10. The lowest BCUT2D eigenvalue weighted by atomic mass is 9.86. The molecule has 0 unspecified atom stereocenters. The minimum Gasteiger partial charge on any atom is -0.497 e. The van der Waals surface area contributed by atoms with Crippen molar-refractivity contribution in [1.82, 2.24) is 24.5 Å². The lowest BCUT2D eigenvalue weighted by Crippen LogP contribution is -2.25. The van der Waals surface area contributed by atoms with Gasteiger partial charge in [0.2, 0.25) is 11.0 Å². The molecule has 1 atom stereocenters. The smallest absolute Gasteiger partial charge is 0.226 e. The maximum absolute atomic E-state index is 12.6. The zero-order chi connectivity index (χ0) is 21.0. The fraction of sp³-hybridized carbons (Fsp3) is 0.333. The van der Waals surface area contributed by atoms with Crippen LogP contribution in [-0.4, -0.2) is 37.6 Å². The van der Waals surface area contributed by atoms with E-state index in [4.69, 9.17) is 14.8 Å². The molecule has 1 aliphatic heterocycles. The highest BCUT2D eigenvalue weighted by atomic mass is 32.1. The molecule has 0 radical (unpaired) electrons. The standard InChI is InChI=1S/C21H22N6O2S/c1-5-26-10-15(11(2)24-26)14-9-18(28)23-20-19(14)12(3)25-27(20)21-22-16-7-6-13(29-4)8-17(16)30-21/h6-8,10,14H,5,9H2,1-4H3,(H,23,28)/t14-/m1/s1. The summed E-state index contributed by atoms with van der Waals surface area (Å²) in [6.45, 7) is 6.82. The number of thiazole rings is 1. The highest BCUT2D eigenvalue weighted by Crippen LogP contribution is 2.42. The molecule has 0 aliphatic carbocycles. The third-order valence-electron chi connectivity index (χ3n) is 5.55. The number of rotatable bonds is 4. The predicted molar refractivity (Wildman–Crippen MR) is 116 cm³/mol. The van der Waals surface area contributed by atoms with Crippen LogP contribution in [0.15, 0.2) is 24.4 Å². The fourth-order valence-corrected chi connectivity index (χ4v) is 5.05. The van der Waals surface area contributed by atoms with Gasteiger partial charge >= 0.3 is 0 Å². The van der Waals surface area contributed by atoms with Crippen molar-refractivity contribution in [3.63, 3.8) is 0 Å². The second-order valence-corrected chi connectivity index (χ2v) is 8.43. The molecule has 1 N–H and O–H groups in total. The summed E-state index contributed by atoms with van der Waals surface area (Å²) in [5.41, 5.74) is 4.81. The third-order valence-corrected chi connectivity index (χ3v) is 6.55. The first kappa shape index (κ1) is 18.8. The molecule has 0 spiro atoms. The Kier molecular flexibility index (Phi) is 4.35.